The average molecular weight is 956 g/mol. The first-order chi connectivity index (χ1) is 32.4. The molecule has 68 heavy (non-hydrogen) atoms. The molecule has 364 valence electrons. The van der Waals surface area contributed by atoms with Crippen molar-refractivity contribution in [3.63, 3.8) is 0 Å². The third-order valence-corrected chi connectivity index (χ3v) is 12.6. The SMILES string of the molecule is CNc1ncc2cc(-c3cc(CC(=O)NCCOCCOCCOCC(=O)N[C@@H](C(=O)N4C[C@H](O)C[C@H]4C(=O)N[C@@H](C)c4ccc(-c5scnc5C)cc4)C(C)(C)C)c(F)cc3C)c(C)nc2n1. The maximum atomic E-state index is 15.0. The van der Waals surface area contributed by atoms with E-state index in [2.05, 4.69) is 41.2 Å². The standard InChI is InChI=1S/C49H62FN9O8S/c1-28-19-39(50)34(20-37(28)38-21-35-24-53-48(51-8)58-45(35)55-30(38)3)22-41(61)52-13-14-65-15-16-66-17-18-67-26-42(62)57-44(49(5,6)7)47(64)59-25-36(60)23-40(59)46(63)56-29(2)32-9-11-33(12-10-32)43-31(4)54-27-68-43/h9-12,19-21,24,27,29,36,40,44,60H,13-18,22-23,25-26H2,1-8H3,(H,52,61)(H,56,63)(H,57,62)(H,51,53,55,58)/t29-,36+,40-,44-/m0/s1. The molecule has 0 radical (unpaired) electrons. The molecule has 4 atom stereocenters. The van der Waals surface area contributed by atoms with Crippen molar-refractivity contribution in [1.29, 1.82) is 0 Å². The molecular formula is C49H62FN9O8S. The molecule has 3 aromatic heterocycles. The second-order valence-electron chi connectivity index (χ2n) is 17.9. The van der Waals surface area contributed by atoms with E-state index in [4.69, 9.17) is 14.2 Å². The zero-order chi connectivity index (χ0) is 49.1. The second kappa shape index (κ2) is 23.3. The van der Waals surface area contributed by atoms with Crippen molar-refractivity contribution in [3.8, 4) is 21.6 Å². The fourth-order valence-corrected chi connectivity index (χ4v) is 8.72. The number of hydrogen-bond acceptors (Lipinski definition) is 14. The van der Waals surface area contributed by atoms with Gasteiger partial charge in [-0.1, -0.05) is 45.0 Å². The third-order valence-electron chi connectivity index (χ3n) is 11.6. The van der Waals surface area contributed by atoms with Crippen molar-refractivity contribution in [2.45, 2.75) is 85.5 Å². The van der Waals surface area contributed by atoms with Crippen LogP contribution in [0.4, 0.5) is 10.3 Å². The van der Waals surface area contributed by atoms with Crippen LogP contribution in [0.25, 0.3) is 32.6 Å². The van der Waals surface area contributed by atoms with Crippen LogP contribution in [0.2, 0.25) is 0 Å². The largest absolute Gasteiger partial charge is 0.391 e. The highest BCUT2D eigenvalue weighted by atomic mass is 32.1. The summed E-state index contributed by atoms with van der Waals surface area (Å²) in [7, 11) is 1.73. The second-order valence-corrected chi connectivity index (χ2v) is 18.8. The predicted molar refractivity (Wildman–Crippen MR) is 257 cm³/mol. The summed E-state index contributed by atoms with van der Waals surface area (Å²) in [5.41, 5.74) is 7.74. The number of aliphatic hydroxyl groups excluding tert-OH is 1. The fraction of sp³-hybridized carbons (Fsp3) is 0.469. The number of likely N-dealkylation sites (tertiary alicyclic amines) is 1. The van der Waals surface area contributed by atoms with Crippen molar-refractivity contribution in [2.75, 3.05) is 65.1 Å². The Morgan fingerprint density at radius 2 is 1.60 bits per heavy atom. The minimum Gasteiger partial charge on any atom is -0.391 e. The van der Waals surface area contributed by atoms with Gasteiger partial charge in [-0.25, -0.2) is 19.3 Å². The lowest BCUT2D eigenvalue weighted by atomic mass is 9.85. The number of benzene rings is 2. The molecule has 6 rings (SSSR count). The first-order valence-corrected chi connectivity index (χ1v) is 23.5. The summed E-state index contributed by atoms with van der Waals surface area (Å²) < 4.78 is 31.7. The number of hydrogen-bond donors (Lipinski definition) is 5. The van der Waals surface area contributed by atoms with Gasteiger partial charge in [0.25, 0.3) is 0 Å². The van der Waals surface area contributed by atoms with Gasteiger partial charge in [0.1, 0.15) is 24.5 Å². The zero-order valence-electron chi connectivity index (χ0n) is 39.9. The Morgan fingerprint density at radius 3 is 2.28 bits per heavy atom. The quantitative estimate of drug-likeness (QED) is 0.0613. The molecule has 0 bridgehead atoms. The van der Waals surface area contributed by atoms with Crippen LogP contribution in [-0.4, -0.2) is 132 Å². The van der Waals surface area contributed by atoms with E-state index >= 15 is 4.39 Å². The fourth-order valence-electron chi connectivity index (χ4n) is 7.91. The third kappa shape index (κ3) is 13.4. The highest BCUT2D eigenvalue weighted by Gasteiger charge is 2.44. The Morgan fingerprint density at radius 1 is 0.897 bits per heavy atom. The monoisotopic (exact) mass is 955 g/mol. The summed E-state index contributed by atoms with van der Waals surface area (Å²) in [6.45, 7) is 13.7. The van der Waals surface area contributed by atoms with E-state index in [1.54, 1.807) is 36.2 Å². The number of carbonyl (C=O) groups is 4. The summed E-state index contributed by atoms with van der Waals surface area (Å²) in [5.74, 6) is -1.75. The summed E-state index contributed by atoms with van der Waals surface area (Å²) in [4.78, 5) is 73.5. The number of carbonyl (C=O) groups excluding carboxylic acids is 4. The molecule has 0 saturated carbocycles. The number of nitrogens with zero attached hydrogens (tertiary/aromatic N) is 5. The Kier molecular flexibility index (Phi) is 17.6. The molecule has 2 aromatic carbocycles. The predicted octanol–water partition coefficient (Wildman–Crippen LogP) is 5.00. The number of amides is 4. The summed E-state index contributed by atoms with van der Waals surface area (Å²) >= 11 is 1.56. The Labute approximate surface area is 400 Å². The van der Waals surface area contributed by atoms with Crippen LogP contribution in [-0.2, 0) is 39.8 Å². The molecule has 0 spiro atoms. The van der Waals surface area contributed by atoms with E-state index in [9.17, 15) is 24.3 Å². The van der Waals surface area contributed by atoms with Gasteiger partial charge in [-0.05, 0) is 79.1 Å². The maximum Gasteiger partial charge on any atom is 0.246 e. The highest BCUT2D eigenvalue weighted by Crippen LogP contribution is 2.32. The van der Waals surface area contributed by atoms with Gasteiger partial charge in [-0.15, -0.1) is 11.3 Å². The van der Waals surface area contributed by atoms with Gasteiger partial charge in [0, 0.05) is 49.4 Å². The van der Waals surface area contributed by atoms with Crippen molar-refractivity contribution in [2.24, 2.45) is 5.41 Å². The number of β-amino-alcohol motifs (C(OH)–C–C–N with tert-alkyl or cyclic N) is 1. The van der Waals surface area contributed by atoms with Gasteiger partial charge in [0.15, 0.2) is 5.65 Å². The number of rotatable bonds is 21. The number of ether oxygens (including phenoxy) is 3. The van der Waals surface area contributed by atoms with Crippen LogP contribution in [0.1, 0.15) is 68.2 Å². The molecule has 1 saturated heterocycles. The first kappa shape index (κ1) is 51.4. The number of pyridine rings is 1. The van der Waals surface area contributed by atoms with Gasteiger partial charge >= 0.3 is 0 Å². The van der Waals surface area contributed by atoms with E-state index in [-0.39, 0.29) is 83.1 Å². The lowest BCUT2D eigenvalue weighted by molar-refractivity contribution is -0.144. The van der Waals surface area contributed by atoms with Crippen LogP contribution in [0.5, 0.6) is 0 Å². The molecule has 4 amide bonds. The average Bonchev–Trinajstić information content (AvgIpc) is 3.92. The molecule has 4 heterocycles. The van der Waals surface area contributed by atoms with E-state index in [0.717, 1.165) is 38.2 Å². The molecule has 0 aliphatic carbocycles. The Hall–Kier alpha value is -5.99. The van der Waals surface area contributed by atoms with Gasteiger partial charge in [-0.3, -0.25) is 19.2 Å². The summed E-state index contributed by atoms with van der Waals surface area (Å²) in [6, 6.07) is 10.6. The normalized spacial score (nSPS) is 15.8. The molecule has 1 aliphatic rings. The summed E-state index contributed by atoms with van der Waals surface area (Å²) in [6.07, 6.45) is 0.696. The number of anilines is 1. The number of aromatic nitrogens is 4. The van der Waals surface area contributed by atoms with Gasteiger partial charge < -0.3 is 45.5 Å². The van der Waals surface area contributed by atoms with E-state index in [1.165, 1.54) is 11.0 Å². The summed E-state index contributed by atoms with van der Waals surface area (Å²) in [5, 5.41) is 22.8. The number of thiazole rings is 1. The Bertz CT molecular complexity index is 2570. The number of aryl methyl sites for hydroxylation is 3. The smallest absolute Gasteiger partial charge is 0.246 e. The van der Waals surface area contributed by atoms with Crippen molar-refractivity contribution in [1.82, 2.24) is 40.8 Å². The molecule has 17 nitrogen and oxygen atoms in total. The van der Waals surface area contributed by atoms with E-state index in [1.807, 2.05) is 78.8 Å². The number of halogens is 1. The lowest BCUT2D eigenvalue weighted by Gasteiger charge is -2.35. The molecule has 0 unspecified atom stereocenters. The van der Waals surface area contributed by atoms with Crippen molar-refractivity contribution >= 4 is 51.9 Å². The maximum absolute atomic E-state index is 15.0. The molecule has 1 aliphatic heterocycles. The van der Waals surface area contributed by atoms with Crippen LogP contribution >= 0.6 is 11.3 Å². The van der Waals surface area contributed by atoms with E-state index in [0.29, 0.717) is 22.9 Å². The Balaban J connectivity index is 0.869. The minimum absolute atomic E-state index is 0.0410. The zero-order valence-corrected chi connectivity index (χ0v) is 40.7. The van der Waals surface area contributed by atoms with Crippen molar-refractivity contribution in [3.05, 3.63) is 88.1 Å². The molecular weight excluding hydrogens is 894 g/mol. The molecule has 1 fully saturated rings. The number of aliphatic hydroxyl groups is 1. The van der Waals surface area contributed by atoms with Crippen LogP contribution in [0, 0.1) is 32.0 Å². The topological polar surface area (TPSA) is 219 Å². The van der Waals surface area contributed by atoms with Crippen molar-refractivity contribution < 1.29 is 42.9 Å². The van der Waals surface area contributed by atoms with Crippen LogP contribution < -0.4 is 21.3 Å². The minimum atomic E-state index is -0.999. The van der Waals surface area contributed by atoms with E-state index < -0.39 is 47.1 Å². The van der Waals surface area contributed by atoms with Gasteiger partial charge in [-0.2, -0.15) is 4.98 Å². The number of nitrogens with one attached hydrogen (secondary N) is 4. The van der Waals surface area contributed by atoms with Gasteiger partial charge in [0.2, 0.25) is 29.6 Å². The van der Waals surface area contributed by atoms with Crippen LogP contribution in [0.15, 0.2) is 54.2 Å². The molecule has 5 N–H and O–H groups in total. The van der Waals surface area contributed by atoms with Crippen LogP contribution in [0.3, 0.4) is 0 Å². The molecule has 5 aromatic rings. The molecule has 19 heteroatoms. The lowest BCUT2D eigenvalue weighted by Crippen LogP contribution is -2.58. The highest BCUT2D eigenvalue weighted by molar-refractivity contribution is 7.13. The number of fused-ring (bicyclic) bond motifs is 1. The van der Waals surface area contributed by atoms with Gasteiger partial charge in [0.05, 0.1) is 67.7 Å². The first-order valence-electron chi connectivity index (χ1n) is 22.6.